The lowest BCUT2D eigenvalue weighted by Crippen LogP contribution is -2.48. The normalized spacial score (nSPS) is 20.4. The van der Waals surface area contributed by atoms with Crippen LogP contribution in [0.4, 0.5) is 5.13 Å². The number of hydrogen-bond acceptors (Lipinski definition) is 6. The molecule has 138 valence electrons. The van der Waals surface area contributed by atoms with Crippen molar-refractivity contribution in [2.75, 3.05) is 44.3 Å². The Kier molecular flexibility index (Phi) is 5.36. The zero-order valence-electron chi connectivity index (χ0n) is 14.7. The van der Waals surface area contributed by atoms with E-state index >= 15 is 0 Å². The lowest BCUT2D eigenvalue weighted by atomic mass is 10.1. The molecule has 6 nitrogen and oxygen atoms in total. The van der Waals surface area contributed by atoms with Gasteiger partial charge in [-0.25, -0.2) is 4.98 Å². The topological polar surface area (TPSA) is 54.9 Å². The standard InChI is InChI=1S/C19H23N3O3S/c23-18(21-8-10-22(11-9-21)19-20-7-13-26-19)16-5-1-2-6-17(16)25-14-15-4-3-12-24-15/h1-2,5-7,13,15H,3-4,8-12,14H2/t15-/m1/s1. The zero-order chi connectivity index (χ0) is 17.8. The van der Waals surface area contributed by atoms with Crippen LogP contribution in [0.15, 0.2) is 35.8 Å². The third kappa shape index (κ3) is 3.83. The van der Waals surface area contributed by atoms with Gasteiger partial charge >= 0.3 is 0 Å². The fourth-order valence-corrected chi connectivity index (χ4v) is 4.07. The number of carbonyl (C=O) groups excluding carboxylic acids is 1. The van der Waals surface area contributed by atoms with Crippen LogP contribution in [0.2, 0.25) is 0 Å². The Morgan fingerprint density at radius 1 is 1.27 bits per heavy atom. The second kappa shape index (κ2) is 8.05. The summed E-state index contributed by atoms with van der Waals surface area (Å²) in [7, 11) is 0. The molecule has 1 aromatic carbocycles. The number of hydrogen-bond donors (Lipinski definition) is 0. The van der Waals surface area contributed by atoms with E-state index in [0.29, 0.717) is 31.0 Å². The highest BCUT2D eigenvalue weighted by Gasteiger charge is 2.25. The Balaban J connectivity index is 1.38. The van der Waals surface area contributed by atoms with Gasteiger partial charge in [-0.15, -0.1) is 11.3 Å². The van der Waals surface area contributed by atoms with E-state index in [1.165, 1.54) is 0 Å². The number of aromatic nitrogens is 1. The molecule has 0 radical (unpaired) electrons. The number of para-hydroxylation sites is 1. The summed E-state index contributed by atoms with van der Waals surface area (Å²) in [5.74, 6) is 0.682. The van der Waals surface area contributed by atoms with Crippen LogP contribution in [0.5, 0.6) is 5.75 Å². The van der Waals surface area contributed by atoms with Crippen LogP contribution in [-0.2, 0) is 4.74 Å². The first kappa shape index (κ1) is 17.3. The van der Waals surface area contributed by atoms with Crippen LogP contribution >= 0.6 is 11.3 Å². The Morgan fingerprint density at radius 2 is 2.12 bits per heavy atom. The Labute approximate surface area is 157 Å². The van der Waals surface area contributed by atoms with E-state index in [4.69, 9.17) is 9.47 Å². The molecule has 0 unspecified atom stereocenters. The SMILES string of the molecule is O=C(c1ccccc1OC[C@H]1CCCO1)N1CCN(c2nccs2)CC1. The number of anilines is 1. The number of nitrogens with zero attached hydrogens (tertiary/aromatic N) is 3. The molecule has 0 N–H and O–H groups in total. The molecule has 26 heavy (non-hydrogen) atoms. The highest BCUT2D eigenvalue weighted by molar-refractivity contribution is 7.13. The molecular formula is C19H23N3O3S. The number of rotatable bonds is 5. The van der Waals surface area contributed by atoms with Gasteiger partial charge in [0.15, 0.2) is 5.13 Å². The summed E-state index contributed by atoms with van der Waals surface area (Å²) in [6.07, 6.45) is 4.06. The maximum atomic E-state index is 13.0. The van der Waals surface area contributed by atoms with Crippen molar-refractivity contribution in [2.24, 2.45) is 0 Å². The van der Waals surface area contributed by atoms with Crippen molar-refractivity contribution in [1.29, 1.82) is 0 Å². The summed E-state index contributed by atoms with van der Waals surface area (Å²) in [5.41, 5.74) is 0.633. The molecule has 0 saturated carbocycles. The van der Waals surface area contributed by atoms with Gasteiger partial charge in [0.25, 0.3) is 5.91 Å². The van der Waals surface area contributed by atoms with E-state index in [2.05, 4.69) is 9.88 Å². The lowest BCUT2D eigenvalue weighted by molar-refractivity contribution is 0.0648. The predicted molar refractivity (Wildman–Crippen MR) is 101 cm³/mol. The minimum atomic E-state index is 0.0340. The molecule has 4 rings (SSSR count). The zero-order valence-corrected chi connectivity index (χ0v) is 15.5. The van der Waals surface area contributed by atoms with Crippen molar-refractivity contribution in [3.63, 3.8) is 0 Å². The second-order valence-corrected chi connectivity index (χ2v) is 7.41. The molecule has 0 spiro atoms. The summed E-state index contributed by atoms with van der Waals surface area (Å²) in [6.45, 7) is 4.30. The third-order valence-electron chi connectivity index (χ3n) is 4.82. The maximum Gasteiger partial charge on any atom is 0.257 e. The molecule has 2 saturated heterocycles. The summed E-state index contributed by atoms with van der Waals surface area (Å²) in [6, 6.07) is 7.51. The van der Waals surface area contributed by atoms with Crippen LogP contribution in [0, 0.1) is 0 Å². The van der Waals surface area contributed by atoms with Crippen LogP contribution in [0.1, 0.15) is 23.2 Å². The molecule has 2 fully saturated rings. The quantitative estimate of drug-likeness (QED) is 0.807. The average Bonchev–Trinajstić information content (AvgIpc) is 3.40. The molecule has 3 heterocycles. The molecule has 7 heteroatoms. The van der Waals surface area contributed by atoms with E-state index in [9.17, 15) is 4.79 Å². The summed E-state index contributed by atoms with van der Waals surface area (Å²) >= 11 is 1.64. The Hall–Kier alpha value is -2.12. The van der Waals surface area contributed by atoms with Crippen LogP contribution in [-0.4, -0.2) is 61.3 Å². The molecule has 2 aromatic rings. The number of piperazine rings is 1. The van der Waals surface area contributed by atoms with Gasteiger partial charge < -0.3 is 19.3 Å². The van der Waals surface area contributed by atoms with E-state index in [-0.39, 0.29) is 12.0 Å². The highest BCUT2D eigenvalue weighted by atomic mass is 32.1. The number of carbonyl (C=O) groups is 1. The Bertz CT molecular complexity index is 723. The van der Waals surface area contributed by atoms with E-state index in [1.807, 2.05) is 40.7 Å². The monoisotopic (exact) mass is 373 g/mol. The predicted octanol–water partition coefficient (Wildman–Crippen LogP) is 2.66. The number of thiazole rings is 1. The summed E-state index contributed by atoms with van der Waals surface area (Å²) in [5, 5.41) is 3.01. The van der Waals surface area contributed by atoms with Gasteiger partial charge in [0.2, 0.25) is 0 Å². The number of ether oxygens (including phenoxy) is 2. The molecule has 1 atom stereocenters. The van der Waals surface area contributed by atoms with Crippen LogP contribution in [0.25, 0.3) is 0 Å². The van der Waals surface area contributed by atoms with Gasteiger partial charge in [-0.1, -0.05) is 12.1 Å². The fraction of sp³-hybridized carbons (Fsp3) is 0.474. The summed E-state index contributed by atoms with van der Waals surface area (Å²) < 4.78 is 11.5. The Morgan fingerprint density at radius 3 is 2.85 bits per heavy atom. The van der Waals surface area contributed by atoms with Crippen molar-refractivity contribution in [3.05, 3.63) is 41.4 Å². The van der Waals surface area contributed by atoms with Crippen molar-refractivity contribution in [3.8, 4) is 5.75 Å². The molecule has 2 aliphatic heterocycles. The molecule has 1 amide bonds. The fourth-order valence-electron chi connectivity index (χ4n) is 3.37. The smallest absolute Gasteiger partial charge is 0.257 e. The first-order chi connectivity index (χ1) is 12.8. The summed E-state index contributed by atoms with van der Waals surface area (Å²) in [4.78, 5) is 21.5. The molecule has 2 aliphatic rings. The van der Waals surface area contributed by atoms with Gasteiger partial charge in [0.05, 0.1) is 11.7 Å². The minimum Gasteiger partial charge on any atom is -0.490 e. The van der Waals surface area contributed by atoms with Gasteiger partial charge in [-0.05, 0) is 25.0 Å². The molecule has 0 aliphatic carbocycles. The van der Waals surface area contributed by atoms with Gasteiger partial charge in [-0.3, -0.25) is 4.79 Å². The first-order valence-electron chi connectivity index (χ1n) is 9.08. The van der Waals surface area contributed by atoms with Gasteiger partial charge in [0.1, 0.15) is 12.4 Å². The maximum absolute atomic E-state index is 13.0. The van der Waals surface area contributed by atoms with Gasteiger partial charge in [0, 0.05) is 44.4 Å². The molecule has 1 aromatic heterocycles. The van der Waals surface area contributed by atoms with E-state index in [1.54, 1.807) is 11.3 Å². The number of benzene rings is 1. The lowest BCUT2D eigenvalue weighted by Gasteiger charge is -2.34. The average molecular weight is 373 g/mol. The van der Waals surface area contributed by atoms with Crippen molar-refractivity contribution in [2.45, 2.75) is 18.9 Å². The largest absolute Gasteiger partial charge is 0.490 e. The minimum absolute atomic E-state index is 0.0340. The second-order valence-electron chi connectivity index (χ2n) is 6.54. The third-order valence-corrected chi connectivity index (χ3v) is 5.66. The van der Waals surface area contributed by atoms with E-state index < -0.39 is 0 Å². The highest BCUT2D eigenvalue weighted by Crippen LogP contribution is 2.24. The first-order valence-corrected chi connectivity index (χ1v) is 9.96. The van der Waals surface area contributed by atoms with Crippen molar-refractivity contribution < 1.29 is 14.3 Å². The molecular weight excluding hydrogens is 350 g/mol. The van der Waals surface area contributed by atoms with Crippen molar-refractivity contribution in [1.82, 2.24) is 9.88 Å². The number of amides is 1. The van der Waals surface area contributed by atoms with Crippen LogP contribution < -0.4 is 9.64 Å². The van der Waals surface area contributed by atoms with E-state index in [0.717, 1.165) is 37.7 Å². The molecule has 0 bridgehead atoms. The van der Waals surface area contributed by atoms with Crippen molar-refractivity contribution >= 4 is 22.4 Å². The van der Waals surface area contributed by atoms with Gasteiger partial charge in [-0.2, -0.15) is 0 Å². The van der Waals surface area contributed by atoms with Crippen LogP contribution in [0.3, 0.4) is 0 Å².